The molecule has 98 valence electrons. The molecule has 0 heterocycles. The van der Waals surface area contributed by atoms with Crippen molar-refractivity contribution in [2.75, 3.05) is 0 Å². The molecular formula is C10H11Cl2N4O2-. The van der Waals surface area contributed by atoms with Gasteiger partial charge < -0.3 is 21.4 Å². The third-order valence-electron chi connectivity index (χ3n) is 1.36. The van der Waals surface area contributed by atoms with Crippen molar-refractivity contribution in [1.82, 2.24) is 0 Å². The molecule has 0 bridgehead atoms. The van der Waals surface area contributed by atoms with Gasteiger partial charge in [0.05, 0.1) is 16.3 Å². The molecule has 0 radical (unpaired) electrons. The molecule has 0 fully saturated rings. The van der Waals surface area contributed by atoms with Crippen LogP contribution in [0.2, 0.25) is 10.0 Å². The Morgan fingerprint density at radius 2 is 1.78 bits per heavy atom. The lowest BCUT2D eigenvalue weighted by Gasteiger charge is -1.98. The topological polar surface area (TPSA) is 117 Å². The average molecular weight is 290 g/mol. The minimum absolute atomic E-state index is 0.121. The van der Waals surface area contributed by atoms with E-state index in [2.05, 4.69) is 10.2 Å². The molecule has 0 aromatic heterocycles. The highest BCUT2D eigenvalue weighted by Gasteiger charge is 2.01. The Bertz CT molecular complexity index is 447. The summed E-state index contributed by atoms with van der Waals surface area (Å²) in [5.74, 6) is -1.20. The Labute approximate surface area is 114 Å². The lowest BCUT2D eigenvalue weighted by Crippen LogP contribution is -2.21. The summed E-state index contributed by atoms with van der Waals surface area (Å²) in [6.07, 6.45) is 1.39. The van der Waals surface area contributed by atoms with Gasteiger partial charge in [-0.3, -0.25) is 0 Å². The molecular weight excluding hydrogens is 279 g/mol. The number of hydrogen-bond donors (Lipinski definition) is 2. The van der Waals surface area contributed by atoms with Gasteiger partial charge in [0.15, 0.2) is 0 Å². The van der Waals surface area contributed by atoms with Crippen LogP contribution in [0.25, 0.3) is 0 Å². The molecule has 8 heteroatoms. The molecule has 0 aliphatic heterocycles. The molecule has 0 aliphatic rings. The maximum absolute atomic E-state index is 8.89. The van der Waals surface area contributed by atoms with E-state index in [0.29, 0.717) is 15.6 Å². The quantitative estimate of drug-likeness (QED) is 0.464. The molecule has 0 saturated heterocycles. The fraction of sp³-hybridized carbons (Fsp3) is 0.100. The van der Waals surface area contributed by atoms with Crippen molar-refractivity contribution in [1.29, 1.82) is 0 Å². The van der Waals surface area contributed by atoms with Crippen molar-refractivity contribution < 1.29 is 9.90 Å². The number of carbonyl (C=O) groups excluding carboxylic acids is 1. The van der Waals surface area contributed by atoms with E-state index in [4.69, 9.17) is 44.6 Å². The monoisotopic (exact) mass is 289 g/mol. The van der Waals surface area contributed by atoms with Gasteiger partial charge in [0.1, 0.15) is 0 Å². The third-order valence-corrected chi connectivity index (χ3v) is 2.02. The van der Waals surface area contributed by atoms with Gasteiger partial charge in [-0.2, -0.15) is 5.10 Å². The Morgan fingerprint density at radius 3 is 2.17 bits per heavy atom. The summed E-state index contributed by atoms with van der Waals surface area (Å²) in [7, 11) is 0. The number of nitrogens with zero attached hydrogens (tertiary/aromatic N) is 2. The van der Waals surface area contributed by atoms with Crippen LogP contribution in [0.3, 0.4) is 0 Å². The number of guanidine groups is 1. The standard InChI is InChI=1S/C8H8Cl2N4.C2H4O2/c9-6-2-1-3-7(10)5(6)4-13-14-8(11)12;1-2(3)4/h1-4H,(H4,11,12,14);1H3,(H,3,4)/p-1/b13-4+;. The Kier molecular flexibility index (Phi) is 7.50. The average Bonchev–Trinajstić information content (AvgIpc) is 2.21. The van der Waals surface area contributed by atoms with E-state index in [-0.39, 0.29) is 5.96 Å². The highest BCUT2D eigenvalue weighted by Crippen LogP contribution is 2.22. The number of carboxylic acids is 1. The van der Waals surface area contributed by atoms with Gasteiger partial charge in [0, 0.05) is 11.5 Å². The second kappa shape index (κ2) is 8.32. The van der Waals surface area contributed by atoms with Crippen LogP contribution in [-0.2, 0) is 4.79 Å². The van der Waals surface area contributed by atoms with E-state index >= 15 is 0 Å². The van der Waals surface area contributed by atoms with Crippen LogP contribution in [0.4, 0.5) is 0 Å². The van der Waals surface area contributed by atoms with E-state index in [1.165, 1.54) is 6.21 Å². The van der Waals surface area contributed by atoms with Gasteiger partial charge >= 0.3 is 0 Å². The number of rotatable bonds is 2. The SMILES string of the molecule is CC(=O)[O-].NC(N)=N/N=C/c1c(Cl)cccc1Cl. The molecule has 0 saturated carbocycles. The first-order valence-electron chi connectivity index (χ1n) is 4.58. The molecule has 1 aromatic carbocycles. The second-order valence-corrected chi connectivity index (χ2v) is 3.71. The Morgan fingerprint density at radius 1 is 1.33 bits per heavy atom. The summed E-state index contributed by atoms with van der Waals surface area (Å²) in [6, 6.07) is 5.14. The molecule has 0 aliphatic carbocycles. The van der Waals surface area contributed by atoms with Crippen LogP contribution < -0.4 is 16.6 Å². The van der Waals surface area contributed by atoms with Crippen molar-refractivity contribution in [2.45, 2.75) is 6.92 Å². The maximum atomic E-state index is 8.89. The molecule has 0 atom stereocenters. The van der Waals surface area contributed by atoms with Gasteiger partial charge in [-0.1, -0.05) is 29.3 Å². The molecule has 0 spiro atoms. The Balaban J connectivity index is 0.000000631. The molecule has 18 heavy (non-hydrogen) atoms. The van der Waals surface area contributed by atoms with E-state index in [9.17, 15) is 0 Å². The number of aliphatic carboxylic acids is 1. The summed E-state index contributed by atoms with van der Waals surface area (Å²) >= 11 is 11.7. The predicted molar refractivity (Wildman–Crippen MR) is 70.5 cm³/mol. The van der Waals surface area contributed by atoms with Gasteiger partial charge in [0.2, 0.25) is 5.96 Å². The number of halogens is 2. The third kappa shape index (κ3) is 7.48. The van der Waals surface area contributed by atoms with Crippen molar-refractivity contribution in [2.24, 2.45) is 21.7 Å². The fourth-order valence-electron chi connectivity index (χ4n) is 0.787. The number of nitrogens with two attached hydrogens (primary N) is 2. The first kappa shape index (κ1) is 16.2. The fourth-order valence-corrected chi connectivity index (χ4v) is 1.28. The van der Waals surface area contributed by atoms with E-state index < -0.39 is 5.97 Å². The summed E-state index contributed by atoms with van der Waals surface area (Å²) in [4.78, 5) is 8.89. The zero-order valence-corrected chi connectivity index (χ0v) is 10.9. The minimum Gasteiger partial charge on any atom is -0.550 e. The van der Waals surface area contributed by atoms with E-state index in [0.717, 1.165) is 6.92 Å². The minimum atomic E-state index is -1.08. The lowest BCUT2D eigenvalue weighted by molar-refractivity contribution is -0.302. The van der Waals surface area contributed by atoms with Crippen LogP contribution in [0, 0.1) is 0 Å². The molecule has 6 nitrogen and oxygen atoms in total. The highest BCUT2D eigenvalue weighted by atomic mass is 35.5. The van der Waals surface area contributed by atoms with Crippen LogP contribution in [0.15, 0.2) is 28.4 Å². The lowest BCUT2D eigenvalue weighted by atomic mass is 10.2. The largest absolute Gasteiger partial charge is 0.550 e. The van der Waals surface area contributed by atoms with Crippen molar-refractivity contribution in [3.63, 3.8) is 0 Å². The summed E-state index contributed by atoms with van der Waals surface area (Å²) in [5, 5.41) is 16.9. The first-order valence-corrected chi connectivity index (χ1v) is 5.33. The van der Waals surface area contributed by atoms with Crippen molar-refractivity contribution >= 4 is 41.3 Å². The smallest absolute Gasteiger partial charge is 0.211 e. The van der Waals surface area contributed by atoms with Gasteiger partial charge in [-0.05, 0) is 19.1 Å². The van der Waals surface area contributed by atoms with E-state index in [1.807, 2.05) is 0 Å². The first-order chi connectivity index (χ1) is 8.34. The number of carbonyl (C=O) groups is 1. The van der Waals surface area contributed by atoms with Crippen LogP contribution in [0.1, 0.15) is 12.5 Å². The molecule has 4 N–H and O–H groups in total. The zero-order chi connectivity index (χ0) is 14.1. The van der Waals surface area contributed by atoms with Crippen molar-refractivity contribution in [3.8, 4) is 0 Å². The molecule has 0 amide bonds. The maximum Gasteiger partial charge on any atom is 0.211 e. The highest BCUT2D eigenvalue weighted by molar-refractivity contribution is 6.38. The van der Waals surface area contributed by atoms with Gasteiger partial charge in [-0.25, -0.2) is 0 Å². The predicted octanol–water partition coefficient (Wildman–Crippen LogP) is 0.357. The van der Waals surface area contributed by atoms with Crippen LogP contribution >= 0.6 is 23.2 Å². The van der Waals surface area contributed by atoms with E-state index in [1.54, 1.807) is 18.2 Å². The van der Waals surface area contributed by atoms with Gasteiger partial charge in [0.25, 0.3) is 0 Å². The van der Waals surface area contributed by atoms with Crippen LogP contribution in [0.5, 0.6) is 0 Å². The summed E-state index contributed by atoms with van der Waals surface area (Å²) in [6.45, 7) is 0.972. The summed E-state index contributed by atoms with van der Waals surface area (Å²) < 4.78 is 0. The van der Waals surface area contributed by atoms with Crippen molar-refractivity contribution in [3.05, 3.63) is 33.8 Å². The molecule has 1 aromatic rings. The molecule has 0 unspecified atom stereocenters. The summed E-state index contributed by atoms with van der Waals surface area (Å²) in [5.41, 5.74) is 10.7. The van der Waals surface area contributed by atoms with Gasteiger partial charge in [-0.15, -0.1) is 5.10 Å². The Hall–Kier alpha value is -1.79. The number of carboxylic acid groups (broad SMARTS) is 1. The second-order valence-electron chi connectivity index (χ2n) is 2.90. The zero-order valence-electron chi connectivity index (χ0n) is 9.43. The molecule has 1 rings (SSSR count). The number of benzene rings is 1. The van der Waals surface area contributed by atoms with Crippen LogP contribution in [-0.4, -0.2) is 18.1 Å². The number of hydrogen-bond acceptors (Lipinski definition) is 4. The normalized spacial score (nSPS) is 9.50.